The zero-order chi connectivity index (χ0) is 19.7. The summed E-state index contributed by atoms with van der Waals surface area (Å²) in [7, 11) is 3.12. The highest BCUT2D eigenvalue weighted by molar-refractivity contribution is 6.13. The fraction of sp³-hybridized carbons (Fsp3) is 0.100. The van der Waals surface area contributed by atoms with Crippen LogP contribution in [0.15, 0.2) is 53.6 Å². The molecule has 0 aliphatic carbocycles. The standard InChI is InChI=1S/C20H15N5O3/c1-27-11-7-8-13(17(9-11)28-2)18-19-14(10-16(23-18)20(26)24-25-21)12-5-3-4-6-15(12)22-19/h3-10,22H,1-2H3. The summed E-state index contributed by atoms with van der Waals surface area (Å²) >= 11 is 0. The molecule has 8 heteroatoms. The number of carbonyl (C=O) groups excluding carboxylic acids is 1. The number of azide groups is 1. The molecule has 2 heterocycles. The average Bonchev–Trinajstić information content (AvgIpc) is 3.11. The number of aromatic amines is 1. The lowest BCUT2D eigenvalue weighted by Crippen LogP contribution is -2.01. The van der Waals surface area contributed by atoms with E-state index in [9.17, 15) is 4.79 Å². The number of aromatic nitrogens is 2. The summed E-state index contributed by atoms with van der Waals surface area (Å²) in [5, 5.41) is 4.92. The summed E-state index contributed by atoms with van der Waals surface area (Å²) in [6.07, 6.45) is 0. The number of pyridine rings is 1. The minimum absolute atomic E-state index is 0.0583. The number of H-pyrrole nitrogens is 1. The Labute approximate surface area is 159 Å². The quantitative estimate of drug-likeness (QED) is 0.313. The summed E-state index contributed by atoms with van der Waals surface area (Å²) in [5.41, 5.74) is 11.5. The molecule has 2 aromatic carbocycles. The molecule has 0 saturated carbocycles. The monoisotopic (exact) mass is 373 g/mol. The van der Waals surface area contributed by atoms with E-state index in [2.05, 4.69) is 20.0 Å². The van der Waals surface area contributed by atoms with Crippen molar-refractivity contribution in [1.82, 2.24) is 9.97 Å². The summed E-state index contributed by atoms with van der Waals surface area (Å²) in [6.45, 7) is 0. The van der Waals surface area contributed by atoms with E-state index >= 15 is 0 Å². The lowest BCUT2D eigenvalue weighted by atomic mass is 10.1. The SMILES string of the molecule is COc1ccc(-c2nc(C(=O)N=[N+]=[N-])cc3c2[nH]c2ccccc23)c(OC)c1. The molecule has 1 amide bonds. The van der Waals surface area contributed by atoms with Crippen LogP contribution in [-0.2, 0) is 0 Å². The second-order valence-electron chi connectivity index (χ2n) is 6.01. The lowest BCUT2D eigenvalue weighted by molar-refractivity contribution is 0.0996. The number of nitrogens with zero attached hydrogens (tertiary/aromatic N) is 4. The Morgan fingerprint density at radius 2 is 1.93 bits per heavy atom. The van der Waals surface area contributed by atoms with E-state index in [1.165, 1.54) is 0 Å². The van der Waals surface area contributed by atoms with Gasteiger partial charge in [-0.2, -0.15) is 0 Å². The van der Waals surface area contributed by atoms with Gasteiger partial charge in [-0.05, 0) is 34.9 Å². The van der Waals surface area contributed by atoms with Crippen LogP contribution in [0.4, 0.5) is 0 Å². The number of para-hydroxylation sites is 1. The molecule has 0 bridgehead atoms. The third-order valence-electron chi connectivity index (χ3n) is 4.51. The highest BCUT2D eigenvalue weighted by atomic mass is 16.5. The highest BCUT2D eigenvalue weighted by Crippen LogP contribution is 2.38. The van der Waals surface area contributed by atoms with Gasteiger partial charge in [-0.25, -0.2) is 4.98 Å². The van der Waals surface area contributed by atoms with E-state index in [1.54, 1.807) is 32.4 Å². The van der Waals surface area contributed by atoms with Crippen molar-refractivity contribution in [3.8, 4) is 22.8 Å². The maximum Gasteiger partial charge on any atom is 0.267 e. The molecule has 0 unspecified atom stereocenters. The molecule has 0 atom stereocenters. The number of benzene rings is 2. The molecule has 1 N–H and O–H groups in total. The van der Waals surface area contributed by atoms with Gasteiger partial charge in [-0.3, -0.25) is 4.79 Å². The van der Waals surface area contributed by atoms with Crippen molar-refractivity contribution >= 4 is 27.7 Å². The minimum Gasteiger partial charge on any atom is -0.497 e. The number of methoxy groups -OCH3 is 2. The van der Waals surface area contributed by atoms with Crippen LogP contribution in [-0.4, -0.2) is 30.1 Å². The minimum atomic E-state index is -0.747. The molecular weight excluding hydrogens is 358 g/mol. The molecule has 138 valence electrons. The van der Waals surface area contributed by atoms with Crippen molar-refractivity contribution in [2.75, 3.05) is 14.2 Å². The van der Waals surface area contributed by atoms with Crippen molar-refractivity contribution in [1.29, 1.82) is 0 Å². The fourth-order valence-corrected chi connectivity index (χ4v) is 3.24. The first kappa shape index (κ1) is 17.4. The molecule has 4 aromatic rings. The maximum absolute atomic E-state index is 12.2. The highest BCUT2D eigenvalue weighted by Gasteiger charge is 2.19. The van der Waals surface area contributed by atoms with Crippen molar-refractivity contribution in [2.24, 2.45) is 5.11 Å². The molecule has 28 heavy (non-hydrogen) atoms. The molecule has 2 aromatic heterocycles. The number of hydrogen-bond donors (Lipinski definition) is 1. The molecule has 0 fully saturated rings. The number of carbonyl (C=O) groups is 1. The van der Waals surface area contributed by atoms with Gasteiger partial charge in [0.2, 0.25) is 0 Å². The normalized spacial score (nSPS) is 10.6. The first-order chi connectivity index (χ1) is 13.7. The first-order valence-corrected chi connectivity index (χ1v) is 8.39. The number of fused-ring (bicyclic) bond motifs is 3. The molecule has 0 aliphatic heterocycles. The number of amides is 1. The van der Waals surface area contributed by atoms with Crippen molar-refractivity contribution < 1.29 is 14.3 Å². The Morgan fingerprint density at radius 3 is 2.68 bits per heavy atom. The van der Waals surface area contributed by atoms with Gasteiger partial charge >= 0.3 is 0 Å². The molecule has 0 radical (unpaired) electrons. The summed E-state index contributed by atoms with van der Waals surface area (Å²) in [4.78, 5) is 22.7. The Morgan fingerprint density at radius 1 is 1.11 bits per heavy atom. The van der Waals surface area contributed by atoms with Crippen LogP contribution in [0, 0.1) is 0 Å². The largest absolute Gasteiger partial charge is 0.497 e. The zero-order valence-electron chi connectivity index (χ0n) is 15.1. The number of rotatable bonds is 4. The topological polar surface area (TPSA) is 113 Å². The lowest BCUT2D eigenvalue weighted by Gasteiger charge is -2.11. The third-order valence-corrected chi connectivity index (χ3v) is 4.51. The Bertz CT molecular complexity index is 1270. The van der Waals surface area contributed by atoms with Gasteiger partial charge in [0.15, 0.2) is 0 Å². The van der Waals surface area contributed by atoms with Crippen LogP contribution in [0.1, 0.15) is 10.5 Å². The van der Waals surface area contributed by atoms with E-state index in [0.717, 1.165) is 21.8 Å². The molecule has 8 nitrogen and oxygen atoms in total. The predicted molar refractivity (Wildman–Crippen MR) is 106 cm³/mol. The van der Waals surface area contributed by atoms with Crippen LogP contribution in [0.3, 0.4) is 0 Å². The van der Waals surface area contributed by atoms with Gasteiger partial charge in [0.05, 0.1) is 25.4 Å². The van der Waals surface area contributed by atoms with Gasteiger partial charge in [-0.1, -0.05) is 18.2 Å². The zero-order valence-corrected chi connectivity index (χ0v) is 15.1. The van der Waals surface area contributed by atoms with E-state index in [4.69, 9.17) is 15.0 Å². The van der Waals surface area contributed by atoms with Crippen molar-refractivity contribution in [3.63, 3.8) is 0 Å². The molecular formula is C20H15N5O3. The molecule has 0 saturated heterocycles. The smallest absolute Gasteiger partial charge is 0.267 e. The van der Waals surface area contributed by atoms with Gasteiger partial charge in [0.1, 0.15) is 17.2 Å². The summed E-state index contributed by atoms with van der Waals surface area (Å²) in [5.74, 6) is 0.429. The van der Waals surface area contributed by atoms with Crippen LogP contribution >= 0.6 is 0 Å². The van der Waals surface area contributed by atoms with Gasteiger partial charge in [0, 0.05) is 32.8 Å². The van der Waals surface area contributed by atoms with E-state index < -0.39 is 5.91 Å². The Kier molecular flexibility index (Phi) is 4.31. The van der Waals surface area contributed by atoms with Gasteiger partial charge in [-0.15, -0.1) is 0 Å². The molecule has 0 aliphatic rings. The van der Waals surface area contributed by atoms with Crippen LogP contribution in [0.2, 0.25) is 0 Å². The van der Waals surface area contributed by atoms with E-state index in [0.29, 0.717) is 22.8 Å². The first-order valence-electron chi connectivity index (χ1n) is 8.39. The summed E-state index contributed by atoms with van der Waals surface area (Å²) < 4.78 is 10.8. The van der Waals surface area contributed by atoms with Gasteiger partial charge < -0.3 is 14.5 Å². The number of hydrogen-bond acceptors (Lipinski definition) is 4. The third kappa shape index (κ3) is 2.78. The van der Waals surface area contributed by atoms with Crippen LogP contribution < -0.4 is 9.47 Å². The summed E-state index contributed by atoms with van der Waals surface area (Å²) in [6, 6.07) is 14.7. The van der Waals surface area contributed by atoms with Crippen LogP contribution in [0.5, 0.6) is 11.5 Å². The maximum atomic E-state index is 12.2. The Hall–Kier alpha value is -4.03. The molecule has 0 spiro atoms. The fourth-order valence-electron chi connectivity index (χ4n) is 3.24. The average molecular weight is 373 g/mol. The van der Waals surface area contributed by atoms with Crippen LogP contribution in [0.25, 0.3) is 43.5 Å². The van der Waals surface area contributed by atoms with Crippen molar-refractivity contribution in [2.45, 2.75) is 0 Å². The van der Waals surface area contributed by atoms with Crippen molar-refractivity contribution in [3.05, 3.63) is 64.7 Å². The second-order valence-corrected chi connectivity index (χ2v) is 6.01. The number of nitrogens with one attached hydrogen (secondary N) is 1. The van der Waals surface area contributed by atoms with E-state index in [1.807, 2.05) is 30.3 Å². The predicted octanol–water partition coefficient (Wildman–Crippen LogP) is 4.85. The van der Waals surface area contributed by atoms with E-state index in [-0.39, 0.29) is 5.69 Å². The number of ether oxygens (including phenoxy) is 2. The Balaban J connectivity index is 2.09. The van der Waals surface area contributed by atoms with Gasteiger partial charge in [0.25, 0.3) is 5.91 Å². The molecule has 4 rings (SSSR count). The second kappa shape index (κ2) is 6.94.